The first-order chi connectivity index (χ1) is 14.9. The van der Waals surface area contributed by atoms with E-state index in [1.165, 1.54) is 34.8 Å². The van der Waals surface area contributed by atoms with Crippen molar-refractivity contribution in [3.8, 4) is 27.7 Å². The smallest absolute Gasteiger partial charge is 0.387 e. The topological polar surface area (TPSA) is 84.8 Å². The molecule has 160 valence electrons. The molecule has 2 N–H and O–H groups in total. The van der Waals surface area contributed by atoms with E-state index in [-0.39, 0.29) is 18.2 Å². The van der Waals surface area contributed by atoms with Gasteiger partial charge in [-0.1, -0.05) is 6.07 Å². The number of nitrogens with one attached hydrogen (secondary N) is 2. The predicted octanol–water partition coefficient (Wildman–Crippen LogP) is 5.34. The maximum absolute atomic E-state index is 12.6. The van der Waals surface area contributed by atoms with Gasteiger partial charge < -0.3 is 10.1 Å². The number of aryl methyl sites for hydroxylation is 1. The number of halogens is 2. The zero-order valence-corrected chi connectivity index (χ0v) is 18.4. The van der Waals surface area contributed by atoms with Gasteiger partial charge in [0, 0.05) is 10.4 Å². The number of carbonyl (C=O) groups excluding carboxylic acids is 1. The fraction of sp³-hybridized carbons (Fsp3) is 0.158. The second-order valence-corrected chi connectivity index (χ2v) is 8.83. The third kappa shape index (κ3) is 4.86. The Bertz CT molecular complexity index is 1250. The first-order valence-corrected chi connectivity index (χ1v) is 11.0. The Morgan fingerprint density at radius 2 is 2.10 bits per heavy atom. The van der Waals surface area contributed by atoms with Crippen LogP contribution in [0.5, 0.6) is 5.75 Å². The van der Waals surface area contributed by atoms with E-state index >= 15 is 0 Å². The molecule has 0 bridgehead atoms. The van der Waals surface area contributed by atoms with Gasteiger partial charge in [0.05, 0.1) is 10.6 Å². The second-order valence-electron chi connectivity index (χ2n) is 6.29. The Hall–Kier alpha value is -2.96. The summed E-state index contributed by atoms with van der Waals surface area (Å²) in [6.07, 6.45) is 0. The van der Waals surface area contributed by atoms with Gasteiger partial charge in [0.15, 0.2) is 15.7 Å². The number of carbonyl (C=O) groups is 1. The molecule has 0 aliphatic rings. The van der Waals surface area contributed by atoms with Crippen molar-refractivity contribution in [1.82, 2.24) is 19.7 Å². The van der Waals surface area contributed by atoms with Gasteiger partial charge in [-0.05, 0) is 54.9 Å². The Kier molecular flexibility index (Phi) is 6.20. The maximum Gasteiger partial charge on any atom is 0.387 e. The van der Waals surface area contributed by atoms with Gasteiger partial charge in [0.2, 0.25) is 5.91 Å². The van der Waals surface area contributed by atoms with Crippen molar-refractivity contribution in [1.29, 1.82) is 0 Å². The van der Waals surface area contributed by atoms with Crippen LogP contribution in [0.2, 0.25) is 0 Å². The molecule has 0 fully saturated rings. The average molecular weight is 480 g/mol. The van der Waals surface area contributed by atoms with E-state index in [1.54, 1.807) is 16.7 Å². The highest BCUT2D eigenvalue weighted by Gasteiger charge is 2.16. The molecule has 0 aliphatic heterocycles. The lowest BCUT2D eigenvalue weighted by atomic mass is 10.1. The number of amides is 1. The molecule has 0 atom stereocenters. The van der Waals surface area contributed by atoms with Crippen molar-refractivity contribution in [2.45, 2.75) is 20.1 Å². The van der Waals surface area contributed by atoms with E-state index in [9.17, 15) is 13.6 Å². The number of H-pyrrole nitrogens is 1. The highest BCUT2D eigenvalue weighted by Crippen LogP contribution is 2.31. The summed E-state index contributed by atoms with van der Waals surface area (Å²) in [6, 6.07) is 9.98. The summed E-state index contributed by atoms with van der Waals surface area (Å²) in [5.41, 5.74) is 1.39. The summed E-state index contributed by atoms with van der Waals surface area (Å²) in [5.74, 6) is 0.368. The molecule has 4 aromatic rings. The minimum Gasteiger partial charge on any atom is -0.435 e. The number of hydrogen-bond acceptors (Lipinski definition) is 7. The molecule has 0 aliphatic carbocycles. The van der Waals surface area contributed by atoms with Crippen LogP contribution in [0.3, 0.4) is 0 Å². The van der Waals surface area contributed by atoms with Crippen LogP contribution in [0.15, 0.2) is 41.8 Å². The molecule has 3 heterocycles. The summed E-state index contributed by atoms with van der Waals surface area (Å²) in [4.78, 5) is 18.9. The van der Waals surface area contributed by atoms with Gasteiger partial charge in [-0.3, -0.25) is 14.5 Å². The number of thiophene rings is 1. The van der Waals surface area contributed by atoms with Gasteiger partial charge in [-0.2, -0.15) is 13.9 Å². The summed E-state index contributed by atoms with van der Waals surface area (Å²) in [6.45, 7) is -1.03. The highest BCUT2D eigenvalue weighted by molar-refractivity contribution is 7.71. The largest absolute Gasteiger partial charge is 0.435 e. The minimum atomic E-state index is -2.88. The van der Waals surface area contributed by atoms with E-state index in [4.69, 9.17) is 12.2 Å². The normalized spacial score (nSPS) is 11.1. The molecule has 0 saturated carbocycles. The Morgan fingerprint density at radius 3 is 2.77 bits per heavy atom. The monoisotopic (exact) mass is 479 g/mol. The first-order valence-electron chi connectivity index (χ1n) is 8.92. The van der Waals surface area contributed by atoms with Gasteiger partial charge in [-0.15, -0.1) is 22.7 Å². The molecule has 31 heavy (non-hydrogen) atoms. The molecule has 1 amide bonds. The third-order valence-corrected chi connectivity index (χ3v) is 6.26. The van der Waals surface area contributed by atoms with Crippen LogP contribution < -0.4 is 10.1 Å². The average Bonchev–Trinajstić information content (AvgIpc) is 3.44. The maximum atomic E-state index is 12.6. The van der Waals surface area contributed by atoms with E-state index in [1.807, 2.05) is 24.4 Å². The fourth-order valence-corrected chi connectivity index (χ4v) is 4.64. The van der Waals surface area contributed by atoms with E-state index < -0.39 is 6.61 Å². The molecule has 0 unspecified atom stereocenters. The molecular formula is C19H15F2N5O2S3. The Balaban J connectivity index is 1.48. The predicted molar refractivity (Wildman–Crippen MR) is 118 cm³/mol. The lowest BCUT2D eigenvalue weighted by molar-refractivity contribution is -0.116. The molecule has 0 spiro atoms. The van der Waals surface area contributed by atoms with E-state index in [2.05, 4.69) is 25.2 Å². The lowest BCUT2D eigenvalue weighted by Gasteiger charge is -2.06. The summed E-state index contributed by atoms with van der Waals surface area (Å²) in [7, 11) is 0. The second kappa shape index (κ2) is 9.04. The van der Waals surface area contributed by atoms with Crippen molar-refractivity contribution < 1.29 is 18.3 Å². The fourth-order valence-electron chi connectivity index (χ4n) is 2.87. The number of thiazole rings is 1. The van der Waals surface area contributed by atoms with Crippen LogP contribution in [-0.4, -0.2) is 32.3 Å². The number of alkyl halides is 2. The third-order valence-electron chi connectivity index (χ3n) is 4.20. The zero-order valence-electron chi connectivity index (χ0n) is 16.0. The first kappa shape index (κ1) is 21.3. The SMILES string of the molecule is Cc1sc(NC(=O)Cn2c(-c3cccs3)n[nH]c2=S)nc1-c1ccc(OC(F)F)cc1. The molecule has 12 heteroatoms. The lowest BCUT2D eigenvalue weighted by Crippen LogP contribution is -2.19. The van der Waals surface area contributed by atoms with Crippen LogP contribution in [0, 0.1) is 11.7 Å². The number of hydrogen-bond donors (Lipinski definition) is 2. The van der Waals surface area contributed by atoms with Crippen LogP contribution in [-0.2, 0) is 11.3 Å². The van der Waals surface area contributed by atoms with Crippen molar-refractivity contribution in [2.24, 2.45) is 0 Å². The van der Waals surface area contributed by atoms with Crippen molar-refractivity contribution >= 4 is 45.9 Å². The van der Waals surface area contributed by atoms with Crippen molar-refractivity contribution in [2.75, 3.05) is 5.32 Å². The zero-order chi connectivity index (χ0) is 22.0. The van der Waals surface area contributed by atoms with E-state index in [0.29, 0.717) is 21.4 Å². The van der Waals surface area contributed by atoms with Crippen LogP contribution in [0.4, 0.5) is 13.9 Å². The number of nitrogens with zero attached hydrogens (tertiary/aromatic N) is 3. The molecule has 4 rings (SSSR count). The number of aromatic amines is 1. The van der Waals surface area contributed by atoms with Crippen LogP contribution in [0.25, 0.3) is 22.0 Å². The van der Waals surface area contributed by atoms with Crippen molar-refractivity contribution in [3.63, 3.8) is 0 Å². The van der Waals surface area contributed by atoms with Crippen LogP contribution >= 0.6 is 34.9 Å². The number of rotatable bonds is 7. The number of anilines is 1. The summed E-state index contributed by atoms with van der Waals surface area (Å²) >= 11 is 8.07. The Labute approximate surface area is 188 Å². The number of aromatic nitrogens is 4. The summed E-state index contributed by atoms with van der Waals surface area (Å²) in [5, 5.41) is 12.1. The van der Waals surface area contributed by atoms with Crippen LogP contribution in [0.1, 0.15) is 4.88 Å². The van der Waals surface area contributed by atoms with Gasteiger partial charge >= 0.3 is 6.61 Å². The summed E-state index contributed by atoms with van der Waals surface area (Å²) < 4.78 is 31.0. The highest BCUT2D eigenvalue weighted by atomic mass is 32.1. The molecule has 3 aromatic heterocycles. The molecule has 7 nitrogen and oxygen atoms in total. The Morgan fingerprint density at radius 1 is 1.32 bits per heavy atom. The van der Waals surface area contributed by atoms with Gasteiger partial charge in [0.1, 0.15) is 12.3 Å². The van der Waals surface area contributed by atoms with Gasteiger partial charge in [0.25, 0.3) is 0 Å². The standard InChI is InChI=1S/C19H15F2N5O2S3/c1-10-15(11-4-6-12(7-5-11)28-17(20)21)23-18(31-10)22-14(27)9-26-16(24-25-19(26)29)13-3-2-8-30-13/h2-8,17H,9H2,1H3,(H,25,29)(H,22,23,27). The number of benzene rings is 1. The molecule has 0 saturated heterocycles. The van der Waals surface area contributed by atoms with E-state index in [0.717, 1.165) is 15.3 Å². The minimum absolute atomic E-state index is 0.0177. The molecule has 1 aromatic carbocycles. The molecule has 0 radical (unpaired) electrons. The number of ether oxygens (including phenoxy) is 1. The quantitative estimate of drug-likeness (QED) is 0.350. The van der Waals surface area contributed by atoms with Crippen molar-refractivity contribution in [3.05, 3.63) is 51.4 Å². The molecular weight excluding hydrogens is 464 g/mol. The van der Waals surface area contributed by atoms with Gasteiger partial charge in [-0.25, -0.2) is 4.98 Å².